The second-order valence-corrected chi connectivity index (χ2v) is 7.48. The molecule has 1 aliphatic rings. The smallest absolute Gasteiger partial charge is 0.257 e. The van der Waals surface area contributed by atoms with Crippen molar-refractivity contribution >= 4 is 29.7 Å². The van der Waals surface area contributed by atoms with Crippen LogP contribution in [0.15, 0.2) is 58.2 Å². The van der Waals surface area contributed by atoms with Crippen LogP contribution in [0.5, 0.6) is 0 Å². The van der Waals surface area contributed by atoms with Crippen LogP contribution in [0, 0.1) is 5.92 Å². The molecule has 0 radical (unpaired) electrons. The summed E-state index contributed by atoms with van der Waals surface area (Å²) in [7, 11) is 0. The Kier molecular flexibility index (Phi) is 6.76. The summed E-state index contributed by atoms with van der Waals surface area (Å²) in [5.74, 6) is 0.333. The average Bonchev–Trinajstić information content (AvgIpc) is 3.26. The van der Waals surface area contributed by atoms with E-state index < -0.39 is 0 Å². The van der Waals surface area contributed by atoms with Crippen LogP contribution in [0.1, 0.15) is 28.8 Å². The van der Waals surface area contributed by atoms with Crippen LogP contribution in [0.4, 0.5) is 0 Å². The predicted molar refractivity (Wildman–Crippen MR) is 108 cm³/mol. The average molecular weight is 385 g/mol. The van der Waals surface area contributed by atoms with Crippen LogP contribution in [0.3, 0.4) is 0 Å². The van der Waals surface area contributed by atoms with Crippen LogP contribution in [-0.2, 0) is 4.79 Å². The summed E-state index contributed by atoms with van der Waals surface area (Å²) in [4.78, 5) is 27.4. The lowest BCUT2D eigenvalue weighted by Gasteiger charge is -2.31. The van der Waals surface area contributed by atoms with Gasteiger partial charge in [0.2, 0.25) is 5.91 Å². The molecule has 3 rings (SSSR count). The van der Waals surface area contributed by atoms with Crippen molar-refractivity contribution in [2.24, 2.45) is 5.92 Å². The van der Waals surface area contributed by atoms with E-state index in [1.165, 1.54) is 17.4 Å². The van der Waals surface area contributed by atoms with Crippen molar-refractivity contribution in [3.05, 3.63) is 60.1 Å². The maximum atomic E-state index is 12.3. The van der Waals surface area contributed by atoms with Crippen molar-refractivity contribution in [1.29, 1.82) is 0 Å². The lowest BCUT2D eigenvalue weighted by molar-refractivity contribution is -0.116. The summed E-state index contributed by atoms with van der Waals surface area (Å²) in [6.45, 7) is 2.06. The first kappa shape index (κ1) is 19.3. The van der Waals surface area contributed by atoms with Gasteiger partial charge in [0.05, 0.1) is 11.8 Å². The SMILES string of the molecule is CSc1ccc(/C=C/C(=O)NCC2CCN(C(=O)c3ccoc3)CC2)cc1. The van der Waals surface area contributed by atoms with Gasteiger partial charge in [0.15, 0.2) is 0 Å². The fraction of sp³-hybridized carbons (Fsp3) is 0.333. The molecule has 1 saturated heterocycles. The zero-order chi connectivity index (χ0) is 19.1. The van der Waals surface area contributed by atoms with E-state index in [1.807, 2.05) is 41.5 Å². The Balaban J connectivity index is 1.39. The highest BCUT2D eigenvalue weighted by atomic mass is 32.2. The lowest BCUT2D eigenvalue weighted by atomic mass is 9.96. The zero-order valence-corrected chi connectivity index (χ0v) is 16.2. The van der Waals surface area contributed by atoms with E-state index in [4.69, 9.17) is 4.42 Å². The van der Waals surface area contributed by atoms with Crippen LogP contribution in [0.2, 0.25) is 0 Å². The fourth-order valence-corrected chi connectivity index (χ4v) is 3.51. The molecule has 27 heavy (non-hydrogen) atoms. The molecule has 1 fully saturated rings. The summed E-state index contributed by atoms with van der Waals surface area (Å²) in [6.07, 6.45) is 10.2. The van der Waals surface area contributed by atoms with E-state index in [2.05, 4.69) is 5.32 Å². The Morgan fingerprint density at radius 1 is 1.22 bits per heavy atom. The molecule has 2 aromatic rings. The van der Waals surface area contributed by atoms with Crippen LogP contribution in [0.25, 0.3) is 6.08 Å². The number of hydrogen-bond acceptors (Lipinski definition) is 4. The predicted octanol–water partition coefficient (Wildman–Crippen LogP) is 3.68. The number of hydrogen-bond donors (Lipinski definition) is 1. The number of carbonyl (C=O) groups excluding carboxylic acids is 2. The normalized spacial score (nSPS) is 15.2. The fourth-order valence-electron chi connectivity index (χ4n) is 3.10. The summed E-state index contributed by atoms with van der Waals surface area (Å²) in [5, 5.41) is 2.97. The number of likely N-dealkylation sites (tertiary alicyclic amines) is 1. The Bertz CT molecular complexity index is 776. The molecule has 0 saturated carbocycles. The molecule has 2 amide bonds. The number of rotatable bonds is 6. The van der Waals surface area contributed by atoms with Gasteiger partial charge in [-0.1, -0.05) is 12.1 Å². The molecule has 1 aromatic heterocycles. The highest BCUT2D eigenvalue weighted by molar-refractivity contribution is 7.98. The monoisotopic (exact) mass is 384 g/mol. The summed E-state index contributed by atoms with van der Waals surface area (Å²) in [5.41, 5.74) is 1.60. The minimum atomic E-state index is -0.0825. The number of amides is 2. The van der Waals surface area contributed by atoms with Gasteiger partial charge in [-0.15, -0.1) is 11.8 Å². The van der Waals surface area contributed by atoms with Crippen molar-refractivity contribution < 1.29 is 14.0 Å². The molecule has 0 bridgehead atoms. The first-order valence-electron chi connectivity index (χ1n) is 9.07. The topological polar surface area (TPSA) is 62.6 Å². The maximum Gasteiger partial charge on any atom is 0.257 e. The van der Waals surface area contributed by atoms with E-state index >= 15 is 0 Å². The van der Waals surface area contributed by atoms with Crippen molar-refractivity contribution in [2.75, 3.05) is 25.9 Å². The molecular formula is C21H24N2O3S. The second kappa shape index (κ2) is 9.46. The van der Waals surface area contributed by atoms with Gasteiger partial charge in [-0.25, -0.2) is 0 Å². The quantitative estimate of drug-likeness (QED) is 0.610. The zero-order valence-electron chi connectivity index (χ0n) is 15.4. The first-order chi connectivity index (χ1) is 13.2. The third kappa shape index (κ3) is 5.50. The van der Waals surface area contributed by atoms with Gasteiger partial charge < -0.3 is 14.6 Å². The van der Waals surface area contributed by atoms with Gasteiger partial charge in [-0.2, -0.15) is 0 Å². The molecular weight excluding hydrogens is 360 g/mol. The Morgan fingerprint density at radius 2 is 1.96 bits per heavy atom. The molecule has 0 aliphatic carbocycles. The van der Waals surface area contributed by atoms with Gasteiger partial charge in [0, 0.05) is 30.6 Å². The summed E-state index contributed by atoms with van der Waals surface area (Å²) < 4.78 is 4.98. The number of nitrogens with one attached hydrogen (secondary N) is 1. The number of benzene rings is 1. The Morgan fingerprint density at radius 3 is 2.59 bits per heavy atom. The van der Waals surface area contributed by atoms with Crippen LogP contribution in [-0.4, -0.2) is 42.6 Å². The van der Waals surface area contributed by atoms with E-state index in [-0.39, 0.29) is 11.8 Å². The van der Waals surface area contributed by atoms with Gasteiger partial charge in [-0.05, 0) is 54.9 Å². The maximum absolute atomic E-state index is 12.3. The van der Waals surface area contributed by atoms with Crippen molar-refractivity contribution in [3.8, 4) is 0 Å². The molecule has 2 heterocycles. The van der Waals surface area contributed by atoms with E-state index in [0.717, 1.165) is 18.4 Å². The van der Waals surface area contributed by atoms with Crippen LogP contribution < -0.4 is 5.32 Å². The lowest BCUT2D eigenvalue weighted by Crippen LogP contribution is -2.41. The molecule has 5 nitrogen and oxygen atoms in total. The number of piperidine rings is 1. The van der Waals surface area contributed by atoms with Crippen LogP contribution >= 0.6 is 11.8 Å². The van der Waals surface area contributed by atoms with Gasteiger partial charge >= 0.3 is 0 Å². The largest absolute Gasteiger partial charge is 0.472 e. The molecule has 1 aliphatic heterocycles. The molecule has 1 N–H and O–H groups in total. The van der Waals surface area contributed by atoms with E-state index in [1.54, 1.807) is 23.9 Å². The molecule has 1 aromatic carbocycles. The van der Waals surface area contributed by atoms with Gasteiger partial charge in [-0.3, -0.25) is 9.59 Å². The highest BCUT2D eigenvalue weighted by Crippen LogP contribution is 2.19. The van der Waals surface area contributed by atoms with Crippen molar-refractivity contribution in [3.63, 3.8) is 0 Å². The third-order valence-corrected chi connectivity index (χ3v) is 5.52. The number of nitrogens with zero attached hydrogens (tertiary/aromatic N) is 1. The minimum Gasteiger partial charge on any atom is -0.472 e. The Hall–Kier alpha value is -2.47. The summed E-state index contributed by atoms with van der Waals surface area (Å²) in [6, 6.07) is 9.78. The highest BCUT2D eigenvalue weighted by Gasteiger charge is 2.24. The summed E-state index contributed by atoms with van der Waals surface area (Å²) >= 11 is 1.69. The van der Waals surface area contributed by atoms with E-state index in [9.17, 15) is 9.59 Å². The van der Waals surface area contributed by atoms with Gasteiger partial charge in [0.25, 0.3) is 5.91 Å². The second-order valence-electron chi connectivity index (χ2n) is 6.60. The van der Waals surface area contributed by atoms with Crippen molar-refractivity contribution in [2.45, 2.75) is 17.7 Å². The molecule has 0 unspecified atom stereocenters. The molecule has 6 heteroatoms. The molecule has 0 atom stereocenters. The third-order valence-electron chi connectivity index (χ3n) is 4.78. The Labute approximate surface area is 163 Å². The number of thioether (sulfide) groups is 1. The van der Waals surface area contributed by atoms with Crippen molar-refractivity contribution in [1.82, 2.24) is 10.2 Å². The van der Waals surface area contributed by atoms with E-state index in [0.29, 0.717) is 31.1 Å². The standard InChI is InChI=1S/C21H24N2O3S/c1-27-19-5-2-16(3-6-19)4-7-20(24)22-14-17-8-11-23(12-9-17)21(25)18-10-13-26-15-18/h2-7,10,13,15,17H,8-9,11-12,14H2,1H3,(H,22,24)/b7-4+. The first-order valence-corrected chi connectivity index (χ1v) is 10.3. The number of carbonyl (C=O) groups is 2. The number of furan rings is 1. The van der Waals surface area contributed by atoms with Gasteiger partial charge in [0.1, 0.15) is 6.26 Å². The minimum absolute atomic E-state index is 0.0154. The molecule has 142 valence electrons. The molecule has 0 spiro atoms.